The molecule has 0 aliphatic heterocycles. The Morgan fingerprint density at radius 2 is 1.84 bits per heavy atom. The molecule has 0 spiro atoms. The summed E-state index contributed by atoms with van der Waals surface area (Å²) >= 11 is 0. The van der Waals surface area contributed by atoms with Crippen molar-refractivity contribution in [1.82, 2.24) is 10.6 Å². The Kier molecular flexibility index (Phi) is 6.67. The van der Waals surface area contributed by atoms with Gasteiger partial charge in [-0.25, -0.2) is 9.59 Å². The molecule has 2 amide bonds. The minimum Gasteiger partial charge on any atom is -0.480 e. The highest BCUT2D eigenvalue weighted by molar-refractivity contribution is 5.82. The highest BCUT2D eigenvalue weighted by atomic mass is 16.4. The third-order valence-corrected chi connectivity index (χ3v) is 3.57. The van der Waals surface area contributed by atoms with Gasteiger partial charge in [0.05, 0.1) is 0 Å². The first kappa shape index (κ1) is 15.8. The summed E-state index contributed by atoms with van der Waals surface area (Å²) in [5, 5.41) is 14.4. The Balaban J connectivity index is 2.38. The number of aliphatic carboxylic acids is 1. The van der Waals surface area contributed by atoms with Crippen molar-refractivity contribution in [2.75, 3.05) is 6.54 Å². The van der Waals surface area contributed by atoms with Crippen molar-refractivity contribution in [2.24, 2.45) is 11.8 Å². The molecule has 1 fully saturated rings. The quantitative estimate of drug-likeness (QED) is 0.693. The molecule has 0 aromatic carbocycles. The van der Waals surface area contributed by atoms with Gasteiger partial charge in [0.2, 0.25) is 0 Å². The first-order valence-electron chi connectivity index (χ1n) is 7.26. The topological polar surface area (TPSA) is 78.4 Å². The third-order valence-electron chi connectivity index (χ3n) is 3.57. The van der Waals surface area contributed by atoms with Crippen molar-refractivity contribution < 1.29 is 14.7 Å². The maximum Gasteiger partial charge on any atom is 0.326 e. The molecule has 1 atom stereocenters. The van der Waals surface area contributed by atoms with E-state index in [0.717, 1.165) is 12.8 Å². The molecule has 5 heteroatoms. The Bertz CT molecular complexity index is 299. The predicted molar refractivity (Wildman–Crippen MR) is 74.0 cm³/mol. The normalized spacial score (nSPS) is 18.1. The van der Waals surface area contributed by atoms with Gasteiger partial charge in [0, 0.05) is 6.54 Å². The first-order chi connectivity index (χ1) is 8.99. The van der Waals surface area contributed by atoms with Gasteiger partial charge in [0.25, 0.3) is 0 Å². The largest absolute Gasteiger partial charge is 0.480 e. The van der Waals surface area contributed by atoms with Crippen molar-refractivity contribution >= 4 is 12.0 Å². The summed E-state index contributed by atoms with van der Waals surface area (Å²) < 4.78 is 0. The van der Waals surface area contributed by atoms with E-state index in [1.165, 1.54) is 19.3 Å². The minimum atomic E-state index is -0.940. The lowest BCUT2D eigenvalue weighted by Crippen LogP contribution is -2.47. The second-order valence-corrected chi connectivity index (χ2v) is 5.88. The number of urea groups is 1. The van der Waals surface area contributed by atoms with Crippen LogP contribution >= 0.6 is 0 Å². The van der Waals surface area contributed by atoms with E-state index in [9.17, 15) is 14.7 Å². The second kappa shape index (κ2) is 8.02. The maximum absolute atomic E-state index is 11.6. The molecule has 0 heterocycles. The van der Waals surface area contributed by atoms with Crippen LogP contribution in [-0.2, 0) is 4.79 Å². The molecule has 19 heavy (non-hydrogen) atoms. The molecular weight excluding hydrogens is 244 g/mol. The molecule has 0 aromatic heterocycles. The summed E-state index contributed by atoms with van der Waals surface area (Å²) in [6.45, 7) is 4.55. The number of nitrogens with one attached hydrogen (secondary N) is 2. The molecule has 0 bridgehead atoms. The Morgan fingerprint density at radius 1 is 1.21 bits per heavy atom. The van der Waals surface area contributed by atoms with Crippen LogP contribution in [0.5, 0.6) is 0 Å². The highest BCUT2D eigenvalue weighted by Crippen LogP contribution is 2.27. The van der Waals surface area contributed by atoms with Gasteiger partial charge in [-0.2, -0.15) is 0 Å². The van der Waals surface area contributed by atoms with E-state index in [-0.39, 0.29) is 6.03 Å². The van der Waals surface area contributed by atoms with Gasteiger partial charge in [0.15, 0.2) is 0 Å². The molecule has 1 saturated carbocycles. The monoisotopic (exact) mass is 270 g/mol. The number of amides is 2. The van der Waals surface area contributed by atoms with Crippen LogP contribution < -0.4 is 10.6 Å². The average Bonchev–Trinajstić information content (AvgIpc) is 2.36. The fourth-order valence-electron chi connectivity index (χ4n) is 2.48. The summed E-state index contributed by atoms with van der Waals surface area (Å²) in [5.74, 6) is -0.155. The van der Waals surface area contributed by atoms with Gasteiger partial charge in [-0.05, 0) is 18.3 Å². The fraction of sp³-hybridized carbons (Fsp3) is 0.857. The molecule has 1 aliphatic rings. The van der Waals surface area contributed by atoms with E-state index >= 15 is 0 Å². The molecule has 5 nitrogen and oxygen atoms in total. The van der Waals surface area contributed by atoms with Crippen LogP contribution in [0.15, 0.2) is 0 Å². The van der Waals surface area contributed by atoms with E-state index in [1.807, 2.05) is 13.8 Å². The van der Waals surface area contributed by atoms with Gasteiger partial charge < -0.3 is 15.7 Å². The van der Waals surface area contributed by atoms with Crippen molar-refractivity contribution in [3.8, 4) is 0 Å². The van der Waals surface area contributed by atoms with Crippen LogP contribution in [0.3, 0.4) is 0 Å². The zero-order valence-electron chi connectivity index (χ0n) is 11.9. The van der Waals surface area contributed by atoms with Crippen LogP contribution in [-0.4, -0.2) is 29.7 Å². The molecule has 1 aliphatic carbocycles. The van der Waals surface area contributed by atoms with E-state index in [0.29, 0.717) is 24.8 Å². The van der Waals surface area contributed by atoms with Gasteiger partial charge in [-0.3, -0.25) is 0 Å². The number of carbonyl (C=O) groups excluding carboxylic acids is 1. The average molecular weight is 270 g/mol. The highest BCUT2D eigenvalue weighted by Gasteiger charge is 2.25. The summed E-state index contributed by atoms with van der Waals surface area (Å²) in [6, 6.07) is -1.15. The van der Waals surface area contributed by atoms with Crippen LogP contribution in [0.25, 0.3) is 0 Å². The summed E-state index contributed by atoms with van der Waals surface area (Å²) in [7, 11) is 0. The Morgan fingerprint density at radius 3 is 2.37 bits per heavy atom. The Hall–Kier alpha value is -1.26. The summed E-state index contributed by atoms with van der Waals surface area (Å²) in [6.07, 6.45) is 6.31. The van der Waals surface area contributed by atoms with Gasteiger partial charge >= 0.3 is 12.0 Å². The van der Waals surface area contributed by atoms with E-state index in [2.05, 4.69) is 10.6 Å². The predicted octanol–water partition coefficient (Wildman–Crippen LogP) is 2.37. The zero-order chi connectivity index (χ0) is 14.3. The van der Waals surface area contributed by atoms with Gasteiger partial charge in [-0.15, -0.1) is 0 Å². The molecule has 0 saturated heterocycles. The standard InChI is InChI=1S/C14H26N2O3/c1-10(2)9-15-14(19)16-12(13(17)18)8-11-6-4-3-5-7-11/h10-12H,3-9H2,1-2H3,(H,17,18)(H2,15,16,19)/t12-/m1/s1. The first-order valence-corrected chi connectivity index (χ1v) is 7.26. The van der Waals surface area contributed by atoms with Crippen molar-refractivity contribution in [3.05, 3.63) is 0 Å². The SMILES string of the molecule is CC(C)CNC(=O)N[C@H](CC1CCCCC1)C(=O)O. The molecule has 1 rings (SSSR count). The second-order valence-electron chi connectivity index (χ2n) is 5.88. The lowest BCUT2D eigenvalue weighted by Gasteiger charge is -2.25. The third kappa shape index (κ3) is 6.45. The Labute approximate surface area is 115 Å². The number of hydrogen-bond donors (Lipinski definition) is 3. The van der Waals surface area contributed by atoms with Crippen molar-refractivity contribution in [2.45, 2.75) is 58.4 Å². The summed E-state index contributed by atoms with van der Waals surface area (Å²) in [4.78, 5) is 22.8. The number of carboxylic acid groups (broad SMARTS) is 1. The minimum absolute atomic E-state index is 0.354. The van der Waals surface area contributed by atoms with Crippen LogP contribution in [0.1, 0.15) is 52.4 Å². The number of hydrogen-bond acceptors (Lipinski definition) is 2. The van der Waals surface area contributed by atoms with Crippen molar-refractivity contribution in [1.29, 1.82) is 0 Å². The molecule has 0 unspecified atom stereocenters. The van der Waals surface area contributed by atoms with Gasteiger partial charge in [-0.1, -0.05) is 46.0 Å². The lowest BCUT2D eigenvalue weighted by molar-refractivity contribution is -0.139. The number of carboxylic acids is 1. The molecule has 110 valence electrons. The fourth-order valence-corrected chi connectivity index (χ4v) is 2.48. The van der Waals surface area contributed by atoms with Crippen molar-refractivity contribution in [3.63, 3.8) is 0 Å². The smallest absolute Gasteiger partial charge is 0.326 e. The lowest BCUT2D eigenvalue weighted by atomic mass is 9.85. The van der Waals surface area contributed by atoms with Crippen LogP contribution in [0.2, 0.25) is 0 Å². The molecule has 0 aromatic rings. The number of carbonyl (C=O) groups is 2. The van der Waals surface area contributed by atoms with Crippen LogP contribution in [0, 0.1) is 11.8 Å². The summed E-state index contributed by atoms with van der Waals surface area (Å²) in [5.41, 5.74) is 0. The van der Waals surface area contributed by atoms with Crippen LogP contribution in [0.4, 0.5) is 4.79 Å². The van der Waals surface area contributed by atoms with E-state index in [4.69, 9.17) is 0 Å². The van der Waals surface area contributed by atoms with Gasteiger partial charge in [0.1, 0.15) is 6.04 Å². The van der Waals surface area contributed by atoms with E-state index in [1.54, 1.807) is 0 Å². The number of rotatable bonds is 6. The molecular formula is C14H26N2O3. The van der Waals surface area contributed by atoms with E-state index < -0.39 is 12.0 Å². The molecule has 0 radical (unpaired) electrons. The maximum atomic E-state index is 11.6. The molecule has 3 N–H and O–H groups in total. The zero-order valence-corrected chi connectivity index (χ0v) is 11.9.